The SMILES string of the molecule is CCn1nc(C)cc1C(=O)Nc1nc2c(O)cc(C(N)=O)cc2n1C. The van der Waals surface area contributed by atoms with Gasteiger partial charge in [0.2, 0.25) is 11.9 Å². The van der Waals surface area contributed by atoms with Gasteiger partial charge in [0.15, 0.2) is 0 Å². The van der Waals surface area contributed by atoms with Crippen LogP contribution in [0.5, 0.6) is 5.75 Å². The van der Waals surface area contributed by atoms with Crippen LogP contribution >= 0.6 is 0 Å². The van der Waals surface area contributed by atoms with Crippen molar-refractivity contribution in [3.05, 3.63) is 35.2 Å². The molecular weight excluding hydrogens is 324 g/mol. The number of phenolic OH excluding ortho intramolecular Hbond substituents is 1. The molecule has 1 aromatic carbocycles. The molecule has 3 rings (SSSR count). The molecule has 0 atom stereocenters. The molecule has 0 bridgehead atoms. The number of rotatable bonds is 4. The molecule has 2 amide bonds. The van der Waals surface area contributed by atoms with Crippen molar-refractivity contribution in [3.63, 3.8) is 0 Å². The highest BCUT2D eigenvalue weighted by Gasteiger charge is 2.19. The summed E-state index contributed by atoms with van der Waals surface area (Å²) in [5.74, 6) is -0.975. The number of aromatic hydroxyl groups is 1. The molecular formula is C16H18N6O3. The number of phenols is 1. The van der Waals surface area contributed by atoms with E-state index in [4.69, 9.17) is 5.73 Å². The highest BCUT2D eigenvalue weighted by atomic mass is 16.3. The van der Waals surface area contributed by atoms with E-state index >= 15 is 0 Å². The van der Waals surface area contributed by atoms with Crippen LogP contribution in [-0.2, 0) is 13.6 Å². The fourth-order valence-corrected chi connectivity index (χ4v) is 2.66. The maximum atomic E-state index is 12.5. The minimum Gasteiger partial charge on any atom is -0.506 e. The van der Waals surface area contributed by atoms with Gasteiger partial charge in [0.05, 0.1) is 11.2 Å². The van der Waals surface area contributed by atoms with Gasteiger partial charge in [-0.05, 0) is 32.0 Å². The number of carbonyl (C=O) groups is 2. The third-order valence-electron chi connectivity index (χ3n) is 3.91. The van der Waals surface area contributed by atoms with Gasteiger partial charge in [0.1, 0.15) is 17.0 Å². The lowest BCUT2D eigenvalue weighted by atomic mass is 10.2. The van der Waals surface area contributed by atoms with Gasteiger partial charge in [-0.2, -0.15) is 5.10 Å². The van der Waals surface area contributed by atoms with Crippen LogP contribution in [-0.4, -0.2) is 36.3 Å². The standard InChI is InChI=1S/C16H18N6O3/c1-4-22-11(5-8(2)20-22)15(25)19-16-18-13-10(21(16)3)6-9(14(17)24)7-12(13)23/h5-7,23H,4H2,1-3H3,(H2,17,24)(H,18,19,25). The first-order valence-electron chi connectivity index (χ1n) is 7.66. The molecule has 130 valence electrons. The number of hydrogen-bond donors (Lipinski definition) is 3. The van der Waals surface area contributed by atoms with E-state index in [-0.39, 0.29) is 28.7 Å². The van der Waals surface area contributed by atoms with Crippen molar-refractivity contribution < 1.29 is 14.7 Å². The second-order valence-corrected chi connectivity index (χ2v) is 5.66. The van der Waals surface area contributed by atoms with Crippen molar-refractivity contribution in [1.29, 1.82) is 0 Å². The molecule has 0 saturated heterocycles. The highest BCUT2D eigenvalue weighted by molar-refractivity contribution is 6.04. The predicted octanol–water partition coefficient (Wildman–Crippen LogP) is 1.15. The molecule has 0 spiro atoms. The van der Waals surface area contributed by atoms with Gasteiger partial charge in [-0.25, -0.2) is 4.98 Å². The third-order valence-corrected chi connectivity index (χ3v) is 3.91. The first-order valence-corrected chi connectivity index (χ1v) is 7.66. The lowest BCUT2D eigenvalue weighted by Gasteiger charge is -2.06. The van der Waals surface area contributed by atoms with E-state index in [1.807, 2.05) is 6.92 Å². The molecule has 2 heterocycles. The minimum absolute atomic E-state index is 0.158. The molecule has 9 nitrogen and oxygen atoms in total. The Morgan fingerprint density at radius 1 is 1.32 bits per heavy atom. The van der Waals surface area contributed by atoms with E-state index < -0.39 is 5.91 Å². The molecule has 2 aromatic heterocycles. The zero-order valence-corrected chi connectivity index (χ0v) is 14.1. The van der Waals surface area contributed by atoms with Crippen molar-refractivity contribution in [3.8, 4) is 5.75 Å². The average molecular weight is 342 g/mol. The monoisotopic (exact) mass is 342 g/mol. The van der Waals surface area contributed by atoms with Crippen LogP contribution in [0.2, 0.25) is 0 Å². The summed E-state index contributed by atoms with van der Waals surface area (Å²) in [5.41, 5.74) is 7.31. The highest BCUT2D eigenvalue weighted by Crippen LogP contribution is 2.28. The summed E-state index contributed by atoms with van der Waals surface area (Å²) < 4.78 is 3.16. The van der Waals surface area contributed by atoms with Crippen molar-refractivity contribution in [2.24, 2.45) is 12.8 Å². The van der Waals surface area contributed by atoms with Gasteiger partial charge in [0, 0.05) is 19.2 Å². The second kappa shape index (κ2) is 5.93. The number of primary amides is 1. The molecule has 3 aromatic rings. The number of carbonyl (C=O) groups excluding carboxylic acids is 2. The van der Waals surface area contributed by atoms with Crippen molar-refractivity contribution in [2.45, 2.75) is 20.4 Å². The summed E-state index contributed by atoms with van der Waals surface area (Å²) in [4.78, 5) is 28.1. The predicted molar refractivity (Wildman–Crippen MR) is 91.5 cm³/mol. The number of hydrogen-bond acceptors (Lipinski definition) is 5. The smallest absolute Gasteiger partial charge is 0.276 e. The van der Waals surface area contributed by atoms with Crippen LogP contribution in [0.3, 0.4) is 0 Å². The lowest BCUT2D eigenvalue weighted by Crippen LogP contribution is -2.19. The summed E-state index contributed by atoms with van der Waals surface area (Å²) in [6.07, 6.45) is 0. The molecule has 0 aliphatic rings. The Morgan fingerprint density at radius 2 is 2.04 bits per heavy atom. The number of anilines is 1. The van der Waals surface area contributed by atoms with Crippen LogP contribution in [0.25, 0.3) is 11.0 Å². The zero-order valence-electron chi connectivity index (χ0n) is 14.1. The Hall–Kier alpha value is -3.36. The fourth-order valence-electron chi connectivity index (χ4n) is 2.66. The van der Waals surface area contributed by atoms with Crippen LogP contribution in [0.15, 0.2) is 18.2 Å². The normalized spacial score (nSPS) is 11.0. The van der Waals surface area contributed by atoms with E-state index in [9.17, 15) is 14.7 Å². The number of nitrogens with zero attached hydrogens (tertiary/aromatic N) is 4. The minimum atomic E-state index is -0.661. The number of nitrogens with two attached hydrogens (primary N) is 1. The summed E-state index contributed by atoms with van der Waals surface area (Å²) >= 11 is 0. The Bertz CT molecular complexity index is 1000. The Balaban J connectivity index is 2.02. The topological polar surface area (TPSA) is 128 Å². The van der Waals surface area contributed by atoms with Gasteiger partial charge in [-0.1, -0.05) is 0 Å². The largest absolute Gasteiger partial charge is 0.506 e. The third kappa shape index (κ3) is 2.80. The maximum Gasteiger partial charge on any atom is 0.276 e. The van der Waals surface area contributed by atoms with Crippen LogP contribution in [0.4, 0.5) is 5.95 Å². The Morgan fingerprint density at radius 3 is 2.68 bits per heavy atom. The molecule has 25 heavy (non-hydrogen) atoms. The van der Waals surface area contributed by atoms with E-state index in [0.29, 0.717) is 17.8 Å². The number of nitrogens with one attached hydrogen (secondary N) is 1. The molecule has 0 aliphatic carbocycles. The van der Waals surface area contributed by atoms with Crippen LogP contribution < -0.4 is 11.1 Å². The van der Waals surface area contributed by atoms with E-state index in [1.54, 1.807) is 29.3 Å². The molecule has 0 fully saturated rings. The van der Waals surface area contributed by atoms with E-state index in [1.165, 1.54) is 12.1 Å². The van der Waals surface area contributed by atoms with E-state index in [2.05, 4.69) is 15.4 Å². The number of fused-ring (bicyclic) bond motifs is 1. The molecule has 0 radical (unpaired) electrons. The molecule has 0 aliphatic heterocycles. The maximum absolute atomic E-state index is 12.5. The van der Waals surface area contributed by atoms with Gasteiger partial charge in [-0.15, -0.1) is 0 Å². The average Bonchev–Trinajstić information content (AvgIpc) is 3.09. The molecule has 9 heteroatoms. The van der Waals surface area contributed by atoms with Crippen molar-refractivity contribution in [2.75, 3.05) is 5.32 Å². The Labute approximate surface area is 143 Å². The van der Waals surface area contributed by atoms with E-state index in [0.717, 1.165) is 5.69 Å². The first kappa shape index (κ1) is 16.5. The number of aromatic nitrogens is 4. The summed E-state index contributed by atoms with van der Waals surface area (Å²) in [7, 11) is 1.66. The molecule has 0 saturated carbocycles. The number of benzene rings is 1. The van der Waals surface area contributed by atoms with Gasteiger partial charge < -0.3 is 15.4 Å². The molecule has 4 N–H and O–H groups in total. The summed E-state index contributed by atoms with van der Waals surface area (Å²) in [5, 5.41) is 17.0. The zero-order chi connectivity index (χ0) is 18.3. The summed E-state index contributed by atoms with van der Waals surface area (Å²) in [6, 6.07) is 4.45. The van der Waals surface area contributed by atoms with Gasteiger partial charge in [-0.3, -0.25) is 19.6 Å². The summed E-state index contributed by atoms with van der Waals surface area (Å²) in [6.45, 7) is 4.25. The first-order chi connectivity index (χ1) is 11.8. The fraction of sp³-hybridized carbons (Fsp3) is 0.250. The van der Waals surface area contributed by atoms with Crippen molar-refractivity contribution >= 4 is 28.8 Å². The van der Waals surface area contributed by atoms with Gasteiger partial charge in [0.25, 0.3) is 5.91 Å². The number of aryl methyl sites for hydroxylation is 3. The number of imidazole rings is 1. The Kier molecular flexibility index (Phi) is 3.91. The van der Waals surface area contributed by atoms with Gasteiger partial charge >= 0.3 is 0 Å². The van der Waals surface area contributed by atoms with Crippen LogP contribution in [0.1, 0.15) is 33.5 Å². The van der Waals surface area contributed by atoms with Crippen LogP contribution in [0, 0.1) is 6.92 Å². The quantitative estimate of drug-likeness (QED) is 0.655. The van der Waals surface area contributed by atoms with Crippen molar-refractivity contribution in [1.82, 2.24) is 19.3 Å². The number of amides is 2. The second-order valence-electron chi connectivity index (χ2n) is 5.66. The molecule has 0 unspecified atom stereocenters. The lowest BCUT2D eigenvalue weighted by molar-refractivity contribution is 0.0995.